The first-order valence-electron chi connectivity index (χ1n) is 9.28. The average molecular weight is 380 g/mol. The fraction of sp³-hybridized carbons (Fsp3) is 0.391. The van der Waals surface area contributed by atoms with Gasteiger partial charge >= 0.3 is 0 Å². The first-order chi connectivity index (χ1) is 13.1. The summed E-state index contributed by atoms with van der Waals surface area (Å²) in [4.78, 5) is 15.8. The molecule has 0 saturated heterocycles. The van der Waals surface area contributed by atoms with E-state index in [-0.39, 0.29) is 34.6 Å². The van der Waals surface area contributed by atoms with Crippen LogP contribution in [0.1, 0.15) is 43.6 Å². The first-order valence-corrected chi connectivity index (χ1v) is 9.28. The molecule has 0 aliphatic heterocycles. The maximum absolute atomic E-state index is 13.9. The highest BCUT2D eigenvalue weighted by atomic mass is 19.1. The number of aryl methyl sites for hydroxylation is 1. The molecule has 0 bridgehead atoms. The fourth-order valence-electron chi connectivity index (χ4n) is 4.51. The van der Waals surface area contributed by atoms with Crippen LogP contribution >= 0.6 is 0 Å². The molecule has 0 atom stereocenters. The SMILES string of the molecule is [C-]#[N+]c1ccc(OC2C(C)(C)C(NC(=O)c3ccc(C)cc3)C2(C)C)cc1F. The summed E-state index contributed by atoms with van der Waals surface area (Å²) < 4.78 is 20.0. The molecule has 1 fully saturated rings. The molecule has 2 aromatic rings. The second-order valence-electron chi connectivity index (χ2n) is 8.64. The van der Waals surface area contributed by atoms with E-state index in [0.29, 0.717) is 11.3 Å². The Kier molecular flexibility index (Phi) is 4.93. The Morgan fingerprint density at radius 2 is 1.71 bits per heavy atom. The topological polar surface area (TPSA) is 42.7 Å². The summed E-state index contributed by atoms with van der Waals surface area (Å²) >= 11 is 0. The highest BCUT2D eigenvalue weighted by molar-refractivity contribution is 5.94. The van der Waals surface area contributed by atoms with Gasteiger partial charge in [-0.2, -0.15) is 0 Å². The van der Waals surface area contributed by atoms with Crippen LogP contribution in [0.4, 0.5) is 10.1 Å². The largest absolute Gasteiger partial charge is 0.489 e. The lowest BCUT2D eigenvalue weighted by Crippen LogP contribution is -2.74. The minimum absolute atomic E-state index is 0.0253. The van der Waals surface area contributed by atoms with E-state index in [9.17, 15) is 9.18 Å². The van der Waals surface area contributed by atoms with E-state index in [4.69, 9.17) is 11.3 Å². The Morgan fingerprint density at radius 3 is 2.25 bits per heavy atom. The van der Waals surface area contributed by atoms with Crippen LogP contribution in [0, 0.1) is 30.1 Å². The van der Waals surface area contributed by atoms with Crippen LogP contribution in [-0.2, 0) is 0 Å². The number of halogens is 1. The van der Waals surface area contributed by atoms with E-state index in [1.165, 1.54) is 12.1 Å². The second-order valence-corrected chi connectivity index (χ2v) is 8.64. The highest BCUT2D eigenvalue weighted by Crippen LogP contribution is 2.55. The molecule has 5 heteroatoms. The molecule has 28 heavy (non-hydrogen) atoms. The lowest BCUT2D eigenvalue weighted by Gasteiger charge is -2.63. The van der Waals surface area contributed by atoms with Crippen molar-refractivity contribution >= 4 is 11.6 Å². The van der Waals surface area contributed by atoms with Crippen LogP contribution in [-0.4, -0.2) is 18.1 Å². The lowest BCUT2D eigenvalue weighted by atomic mass is 9.49. The van der Waals surface area contributed by atoms with Crippen molar-refractivity contribution in [2.45, 2.75) is 46.8 Å². The monoisotopic (exact) mass is 380 g/mol. The zero-order valence-corrected chi connectivity index (χ0v) is 16.8. The maximum Gasteiger partial charge on any atom is 0.251 e. The highest BCUT2D eigenvalue weighted by Gasteiger charge is 2.64. The van der Waals surface area contributed by atoms with E-state index in [0.717, 1.165) is 5.56 Å². The van der Waals surface area contributed by atoms with Gasteiger partial charge in [-0.05, 0) is 31.2 Å². The Balaban J connectivity index is 1.76. The standard InChI is InChI=1S/C23H25FN2O2/c1-14-7-9-15(10-8-14)19(27)26-20-22(2,3)21(23(20,4)5)28-16-11-12-18(25-6)17(24)13-16/h7-13,20-21H,1-5H3,(H,26,27). The van der Waals surface area contributed by atoms with E-state index in [1.807, 2.05) is 58.9 Å². The summed E-state index contributed by atoms with van der Waals surface area (Å²) in [6, 6.07) is 11.6. The molecule has 0 unspecified atom stereocenters. The molecule has 3 rings (SSSR count). The molecule has 146 valence electrons. The van der Waals surface area contributed by atoms with Crippen molar-refractivity contribution in [3.63, 3.8) is 0 Å². The fourth-order valence-corrected chi connectivity index (χ4v) is 4.51. The number of rotatable bonds is 4. The number of benzene rings is 2. The lowest BCUT2D eigenvalue weighted by molar-refractivity contribution is -0.164. The van der Waals surface area contributed by atoms with Gasteiger partial charge in [0.25, 0.3) is 5.91 Å². The van der Waals surface area contributed by atoms with Crippen LogP contribution < -0.4 is 10.1 Å². The Labute approximate surface area is 165 Å². The Hall–Kier alpha value is -2.87. The molecule has 4 nitrogen and oxygen atoms in total. The van der Waals surface area contributed by atoms with Crippen molar-refractivity contribution in [2.75, 3.05) is 0 Å². The summed E-state index contributed by atoms with van der Waals surface area (Å²) in [6.07, 6.45) is -0.221. The van der Waals surface area contributed by atoms with Gasteiger partial charge in [-0.15, -0.1) is 0 Å². The summed E-state index contributed by atoms with van der Waals surface area (Å²) in [5.41, 5.74) is 1.00. The van der Waals surface area contributed by atoms with Gasteiger partial charge in [0.05, 0.1) is 6.57 Å². The normalized spacial score (nSPS) is 21.9. The Bertz CT molecular complexity index is 926. The van der Waals surface area contributed by atoms with Crippen molar-refractivity contribution in [2.24, 2.45) is 10.8 Å². The molecule has 1 amide bonds. The minimum Gasteiger partial charge on any atom is -0.489 e. The molecule has 1 aliphatic rings. The van der Waals surface area contributed by atoms with Gasteiger partial charge < -0.3 is 10.1 Å². The van der Waals surface area contributed by atoms with Crippen molar-refractivity contribution in [1.29, 1.82) is 0 Å². The van der Waals surface area contributed by atoms with Crippen LogP contribution in [0.3, 0.4) is 0 Å². The molecular weight excluding hydrogens is 355 g/mol. The van der Waals surface area contributed by atoms with Crippen molar-refractivity contribution < 1.29 is 13.9 Å². The summed E-state index contributed by atoms with van der Waals surface area (Å²) in [6.45, 7) is 17.1. The summed E-state index contributed by atoms with van der Waals surface area (Å²) in [5.74, 6) is -0.317. The minimum atomic E-state index is -0.591. The second kappa shape index (κ2) is 6.94. The van der Waals surface area contributed by atoms with Gasteiger partial charge in [-0.1, -0.05) is 45.4 Å². The zero-order valence-electron chi connectivity index (χ0n) is 16.8. The zero-order chi connectivity index (χ0) is 20.7. The average Bonchev–Trinajstić information content (AvgIpc) is 2.64. The third-order valence-corrected chi connectivity index (χ3v) is 5.72. The molecule has 0 spiro atoms. The van der Waals surface area contributed by atoms with Gasteiger partial charge in [-0.25, -0.2) is 9.24 Å². The summed E-state index contributed by atoms with van der Waals surface area (Å²) in [7, 11) is 0. The van der Waals surface area contributed by atoms with Gasteiger partial charge in [-0.3, -0.25) is 4.79 Å². The quantitative estimate of drug-likeness (QED) is 0.732. The van der Waals surface area contributed by atoms with E-state index >= 15 is 0 Å². The van der Waals surface area contributed by atoms with Gasteiger partial charge in [0, 0.05) is 28.5 Å². The van der Waals surface area contributed by atoms with Crippen LogP contribution in [0.15, 0.2) is 42.5 Å². The van der Waals surface area contributed by atoms with Crippen LogP contribution in [0.25, 0.3) is 4.85 Å². The van der Waals surface area contributed by atoms with Crippen molar-refractivity contribution in [3.8, 4) is 5.75 Å². The smallest absolute Gasteiger partial charge is 0.251 e. The van der Waals surface area contributed by atoms with Gasteiger partial charge in [0.1, 0.15) is 17.7 Å². The maximum atomic E-state index is 13.9. The molecule has 1 N–H and O–H groups in total. The third kappa shape index (κ3) is 3.35. The molecule has 0 heterocycles. The molecule has 1 saturated carbocycles. The van der Waals surface area contributed by atoms with E-state index in [2.05, 4.69) is 10.2 Å². The summed E-state index contributed by atoms with van der Waals surface area (Å²) in [5, 5.41) is 3.15. The van der Waals surface area contributed by atoms with Crippen molar-refractivity contribution in [1.82, 2.24) is 5.32 Å². The van der Waals surface area contributed by atoms with E-state index in [1.54, 1.807) is 6.07 Å². The van der Waals surface area contributed by atoms with Crippen LogP contribution in [0.2, 0.25) is 0 Å². The molecular formula is C23H25FN2O2. The molecule has 0 radical (unpaired) electrons. The number of amides is 1. The number of hydrogen-bond donors (Lipinski definition) is 1. The number of nitrogens with one attached hydrogen (secondary N) is 1. The number of carbonyl (C=O) groups is 1. The number of ether oxygens (including phenoxy) is 1. The van der Waals surface area contributed by atoms with Crippen molar-refractivity contribution in [3.05, 3.63) is 70.8 Å². The molecule has 2 aromatic carbocycles. The number of hydrogen-bond acceptors (Lipinski definition) is 2. The number of nitrogens with zero attached hydrogens (tertiary/aromatic N) is 1. The Morgan fingerprint density at radius 1 is 1.11 bits per heavy atom. The van der Waals surface area contributed by atoms with Gasteiger partial charge in [0.15, 0.2) is 0 Å². The number of carbonyl (C=O) groups excluding carboxylic acids is 1. The molecule has 0 aromatic heterocycles. The van der Waals surface area contributed by atoms with E-state index < -0.39 is 5.82 Å². The third-order valence-electron chi connectivity index (χ3n) is 5.72. The first kappa shape index (κ1) is 19.9. The molecule has 1 aliphatic carbocycles. The predicted molar refractivity (Wildman–Crippen MR) is 107 cm³/mol. The van der Waals surface area contributed by atoms with Crippen LogP contribution in [0.5, 0.6) is 5.75 Å². The predicted octanol–water partition coefficient (Wildman–Crippen LogP) is 5.30. The van der Waals surface area contributed by atoms with Gasteiger partial charge in [0.2, 0.25) is 5.69 Å².